The van der Waals surface area contributed by atoms with Crippen LogP contribution in [0, 0.1) is 0 Å². The first-order chi connectivity index (χ1) is 17.7. The molecule has 1 amide bonds. The van der Waals surface area contributed by atoms with E-state index >= 15 is 0 Å². The summed E-state index contributed by atoms with van der Waals surface area (Å²) in [4.78, 5) is 24.4. The first-order valence-electron chi connectivity index (χ1n) is 11.1. The molecule has 0 fully saturated rings. The van der Waals surface area contributed by atoms with Gasteiger partial charge in [0.05, 0.1) is 29.3 Å². The number of ether oxygens (including phenoxy) is 3. The second-order valence-electron chi connectivity index (χ2n) is 7.71. The van der Waals surface area contributed by atoms with Crippen molar-refractivity contribution in [1.29, 1.82) is 0 Å². The molecule has 1 heterocycles. The third-order valence-electron chi connectivity index (χ3n) is 5.31. The Balaban J connectivity index is 1.58. The third-order valence-corrected chi connectivity index (χ3v) is 7.12. The van der Waals surface area contributed by atoms with Gasteiger partial charge in [0.2, 0.25) is 0 Å². The van der Waals surface area contributed by atoms with E-state index in [9.17, 15) is 26.8 Å². The number of rotatable bonds is 8. The van der Waals surface area contributed by atoms with E-state index in [-0.39, 0.29) is 47.4 Å². The first-order valence-corrected chi connectivity index (χ1v) is 12.6. The molecule has 4 rings (SSSR count). The Labute approximate surface area is 211 Å². The topological polar surface area (TPSA) is 111 Å². The molecule has 0 spiro atoms. The van der Waals surface area contributed by atoms with E-state index in [0.29, 0.717) is 11.3 Å². The van der Waals surface area contributed by atoms with Crippen LogP contribution in [0.25, 0.3) is 0 Å². The molecule has 0 bridgehead atoms. The van der Waals surface area contributed by atoms with Crippen LogP contribution in [0.3, 0.4) is 0 Å². The molecule has 1 aliphatic heterocycles. The molecule has 0 aliphatic carbocycles. The molecule has 0 unspecified atom stereocenters. The van der Waals surface area contributed by atoms with Gasteiger partial charge in [-0.25, -0.2) is 13.2 Å². The van der Waals surface area contributed by atoms with E-state index in [1.54, 1.807) is 6.92 Å². The van der Waals surface area contributed by atoms with Crippen LogP contribution in [-0.4, -0.2) is 46.7 Å². The van der Waals surface area contributed by atoms with Crippen molar-refractivity contribution in [3.05, 3.63) is 77.9 Å². The van der Waals surface area contributed by atoms with Gasteiger partial charge in [-0.05, 0) is 61.5 Å². The monoisotopic (exact) mass is 532 g/mol. The standard InChI is InChI=1S/C25H22F2N2O7S/c1-2-34-24(31)16-6-9-18(10-7-16)28-23(30)17-8-11-22-21(14-17)29(12-13-35-22)37(32,33)20-5-3-4-19(15-20)36-25(26)27/h3-11,14-15,25H,2,12-13H2,1H3,(H,28,30). The molecular formula is C25H22F2N2O7S. The lowest BCUT2D eigenvalue weighted by atomic mass is 10.1. The maximum atomic E-state index is 13.4. The van der Waals surface area contributed by atoms with Crippen LogP contribution in [0.1, 0.15) is 27.6 Å². The lowest BCUT2D eigenvalue weighted by molar-refractivity contribution is -0.0500. The van der Waals surface area contributed by atoms with Gasteiger partial charge in [-0.3, -0.25) is 9.10 Å². The molecule has 37 heavy (non-hydrogen) atoms. The van der Waals surface area contributed by atoms with Crippen molar-refractivity contribution in [2.24, 2.45) is 0 Å². The summed E-state index contributed by atoms with van der Waals surface area (Å²) in [6.45, 7) is -1.18. The molecule has 9 nitrogen and oxygen atoms in total. The van der Waals surface area contributed by atoms with E-state index in [2.05, 4.69) is 10.1 Å². The van der Waals surface area contributed by atoms with Crippen LogP contribution in [0.2, 0.25) is 0 Å². The molecule has 12 heteroatoms. The molecular weight excluding hydrogens is 510 g/mol. The minimum absolute atomic E-state index is 0.0534. The maximum Gasteiger partial charge on any atom is 0.387 e. The summed E-state index contributed by atoms with van der Waals surface area (Å²) in [5.41, 5.74) is 1.01. The van der Waals surface area contributed by atoms with Crippen LogP contribution >= 0.6 is 0 Å². The number of carbonyl (C=O) groups excluding carboxylic acids is 2. The Morgan fingerprint density at radius 2 is 1.78 bits per heavy atom. The number of benzene rings is 3. The van der Waals surface area contributed by atoms with Crippen molar-refractivity contribution in [1.82, 2.24) is 0 Å². The lowest BCUT2D eigenvalue weighted by Gasteiger charge is -2.30. The van der Waals surface area contributed by atoms with Gasteiger partial charge < -0.3 is 19.5 Å². The van der Waals surface area contributed by atoms with Crippen LogP contribution in [0.4, 0.5) is 20.2 Å². The fourth-order valence-electron chi connectivity index (χ4n) is 3.63. The number of halogens is 2. The van der Waals surface area contributed by atoms with Crippen LogP contribution in [0.5, 0.6) is 11.5 Å². The molecule has 194 valence electrons. The van der Waals surface area contributed by atoms with Gasteiger partial charge in [0.25, 0.3) is 15.9 Å². The van der Waals surface area contributed by atoms with Crippen molar-refractivity contribution in [2.45, 2.75) is 18.4 Å². The predicted octanol–water partition coefficient (Wildman–Crippen LogP) is 4.30. The number of carbonyl (C=O) groups is 2. The number of hydrogen-bond donors (Lipinski definition) is 1. The lowest BCUT2D eigenvalue weighted by Crippen LogP contribution is -2.38. The van der Waals surface area contributed by atoms with Gasteiger partial charge in [0.15, 0.2) is 0 Å². The fourth-order valence-corrected chi connectivity index (χ4v) is 5.12. The molecule has 0 aromatic heterocycles. The number of esters is 1. The van der Waals surface area contributed by atoms with Crippen molar-refractivity contribution in [2.75, 3.05) is 29.4 Å². The number of fused-ring (bicyclic) bond motifs is 1. The average Bonchev–Trinajstić information content (AvgIpc) is 2.88. The van der Waals surface area contributed by atoms with Gasteiger partial charge in [0.1, 0.15) is 18.1 Å². The number of anilines is 2. The summed E-state index contributed by atoms with van der Waals surface area (Å²) in [7, 11) is -4.20. The number of nitrogens with zero attached hydrogens (tertiary/aromatic N) is 1. The summed E-state index contributed by atoms with van der Waals surface area (Å²) in [5, 5.41) is 2.69. The fraction of sp³-hybridized carbons (Fsp3) is 0.200. The van der Waals surface area contributed by atoms with Gasteiger partial charge in [-0.1, -0.05) is 6.07 Å². The van der Waals surface area contributed by atoms with Gasteiger partial charge in [-0.15, -0.1) is 0 Å². The van der Waals surface area contributed by atoms with Crippen molar-refractivity contribution in [3.8, 4) is 11.5 Å². The highest BCUT2D eigenvalue weighted by molar-refractivity contribution is 7.92. The zero-order valence-corrected chi connectivity index (χ0v) is 20.3. The first kappa shape index (κ1) is 25.9. The summed E-state index contributed by atoms with van der Waals surface area (Å²) >= 11 is 0. The molecule has 0 radical (unpaired) electrons. The summed E-state index contributed by atoms with van der Waals surface area (Å²) < 4.78 is 67.9. The van der Waals surface area contributed by atoms with Crippen LogP contribution in [0.15, 0.2) is 71.6 Å². The summed E-state index contributed by atoms with van der Waals surface area (Å²) in [6, 6.07) is 15.2. The number of alkyl halides is 2. The van der Waals surface area contributed by atoms with E-state index in [4.69, 9.17) is 9.47 Å². The highest BCUT2D eigenvalue weighted by Gasteiger charge is 2.31. The molecule has 3 aromatic rings. The normalized spacial score (nSPS) is 12.9. The smallest absolute Gasteiger partial charge is 0.387 e. The number of amides is 1. The average molecular weight is 533 g/mol. The van der Waals surface area contributed by atoms with E-state index in [1.807, 2.05) is 0 Å². The molecule has 1 aliphatic rings. The van der Waals surface area contributed by atoms with Gasteiger partial charge in [0, 0.05) is 17.3 Å². The van der Waals surface area contributed by atoms with E-state index < -0.39 is 28.5 Å². The zero-order chi connectivity index (χ0) is 26.6. The second-order valence-corrected chi connectivity index (χ2v) is 9.58. The summed E-state index contributed by atoms with van der Waals surface area (Å²) in [6.07, 6.45) is 0. The van der Waals surface area contributed by atoms with Gasteiger partial charge in [-0.2, -0.15) is 8.78 Å². The van der Waals surface area contributed by atoms with E-state index in [1.165, 1.54) is 60.7 Å². The van der Waals surface area contributed by atoms with Gasteiger partial charge >= 0.3 is 12.6 Å². The van der Waals surface area contributed by atoms with E-state index in [0.717, 1.165) is 10.4 Å². The van der Waals surface area contributed by atoms with Crippen LogP contribution in [-0.2, 0) is 14.8 Å². The van der Waals surface area contributed by atoms with Crippen molar-refractivity contribution < 1.29 is 41.0 Å². The minimum atomic E-state index is -4.20. The Bertz CT molecular complexity index is 1410. The summed E-state index contributed by atoms with van der Waals surface area (Å²) in [5.74, 6) is -1.07. The highest BCUT2D eigenvalue weighted by atomic mass is 32.2. The molecule has 0 saturated heterocycles. The Hall–Kier alpha value is -4.19. The number of hydrogen-bond acceptors (Lipinski definition) is 7. The zero-order valence-electron chi connectivity index (χ0n) is 19.5. The Morgan fingerprint density at radius 1 is 1.05 bits per heavy atom. The largest absolute Gasteiger partial charge is 0.489 e. The second kappa shape index (κ2) is 10.8. The third kappa shape index (κ3) is 5.80. The maximum absolute atomic E-state index is 13.4. The molecule has 0 atom stereocenters. The molecule has 1 N–H and O–H groups in total. The Kier molecular flexibility index (Phi) is 7.58. The van der Waals surface area contributed by atoms with Crippen molar-refractivity contribution >= 4 is 33.3 Å². The quantitative estimate of drug-likeness (QED) is 0.431. The number of sulfonamides is 1. The number of nitrogens with one attached hydrogen (secondary N) is 1. The van der Waals surface area contributed by atoms with Crippen molar-refractivity contribution in [3.63, 3.8) is 0 Å². The Morgan fingerprint density at radius 3 is 2.49 bits per heavy atom. The highest BCUT2D eigenvalue weighted by Crippen LogP contribution is 2.37. The molecule has 3 aromatic carbocycles. The predicted molar refractivity (Wildman–Crippen MR) is 130 cm³/mol. The molecule has 0 saturated carbocycles. The SMILES string of the molecule is CCOC(=O)c1ccc(NC(=O)c2ccc3c(c2)N(S(=O)(=O)c2cccc(OC(F)F)c2)CCO3)cc1. The minimum Gasteiger partial charge on any atom is -0.489 e. The van der Waals surface area contributed by atoms with Crippen LogP contribution < -0.4 is 19.1 Å².